The Bertz CT molecular complexity index is 1190. The van der Waals surface area contributed by atoms with Crippen LogP contribution in [0.5, 0.6) is 5.75 Å². The number of furan rings is 1. The first-order valence-corrected chi connectivity index (χ1v) is 11.8. The number of methoxy groups -OCH3 is 1. The lowest BCUT2D eigenvalue weighted by Gasteiger charge is -2.25. The molecule has 1 N–H and O–H groups in total. The first-order chi connectivity index (χ1) is 14.9. The summed E-state index contributed by atoms with van der Waals surface area (Å²) in [5.41, 5.74) is 2.17. The Labute approximate surface area is 182 Å². The van der Waals surface area contributed by atoms with E-state index in [1.165, 1.54) is 0 Å². The van der Waals surface area contributed by atoms with Crippen LogP contribution in [0.3, 0.4) is 0 Å². The van der Waals surface area contributed by atoms with E-state index in [4.69, 9.17) is 9.15 Å². The third-order valence-electron chi connectivity index (χ3n) is 5.68. The number of benzene rings is 2. The van der Waals surface area contributed by atoms with Crippen molar-refractivity contribution in [2.75, 3.05) is 20.2 Å². The van der Waals surface area contributed by atoms with Gasteiger partial charge in [0, 0.05) is 30.6 Å². The standard InChI is InChI=1S/C23H26N2O5S/c1-16-20-14-18(29-2)8-11-21(20)30-22(16)23(26)24-15-17-6-9-19(10-7-17)31(27,28)25-12-4-3-5-13-25/h6-11,14H,3-5,12-13,15H2,1-2H3,(H,24,26). The maximum absolute atomic E-state index is 12.8. The van der Waals surface area contributed by atoms with Crippen LogP contribution < -0.4 is 10.1 Å². The molecule has 0 spiro atoms. The smallest absolute Gasteiger partial charge is 0.287 e. The molecule has 8 heteroatoms. The van der Waals surface area contributed by atoms with E-state index in [2.05, 4.69) is 5.32 Å². The van der Waals surface area contributed by atoms with Gasteiger partial charge in [-0.2, -0.15) is 4.31 Å². The van der Waals surface area contributed by atoms with Crippen molar-refractivity contribution in [3.05, 3.63) is 59.4 Å². The summed E-state index contributed by atoms with van der Waals surface area (Å²) < 4.78 is 38.0. The molecule has 4 rings (SSSR count). The number of hydrogen-bond donors (Lipinski definition) is 1. The molecule has 1 aliphatic heterocycles. The fraction of sp³-hybridized carbons (Fsp3) is 0.348. The molecule has 0 unspecified atom stereocenters. The predicted octanol–water partition coefficient (Wildman–Crippen LogP) is 3.85. The van der Waals surface area contributed by atoms with Gasteiger partial charge >= 0.3 is 0 Å². The Kier molecular flexibility index (Phi) is 6.02. The molecule has 1 aliphatic rings. The summed E-state index contributed by atoms with van der Waals surface area (Å²) in [6.45, 7) is 3.24. The van der Waals surface area contributed by atoms with E-state index in [0.717, 1.165) is 35.8 Å². The van der Waals surface area contributed by atoms with Crippen molar-refractivity contribution in [3.8, 4) is 5.75 Å². The largest absolute Gasteiger partial charge is 0.497 e. The summed E-state index contributed by atoms with van der Waals surface area (Å²) in [5, 5.41) is 3.67. The number of hydrogen-bond acceptors (Lipinski definition) is 5. The number of piperidine rings is 1. The zero-order chi connectivity index (χ0) is 22.0. The Morgan fingerprint density at radius 3 is 2.48 bits per heavy atom. The Morgan fingerprint density at radius 1 is 1.10 bits per heavy atom. The van der Waals surface area contributed by atoms with Crippen LogP contribution >= 0.6 is 0 Å². The Hall–Kier alpha value is -2.84. The lowest BCUT2D eigenvalue weighted by molar-refractivity contribution is 0.0924. The average molecular weight is 443 g/mol. The highest BCUT2D eigenvalue weighted by Gasteiger charge is 2.25. The normalized spacial score (nSPS) is 15.2. The van der Waals surface area contributed by atoms with Crippen molar-refractivity contribution in [3.63, 3.8) is 0 Å². The molecule has 2 heterocycles. The lowest BCUT2D eigenvalue weighted by Crippen LogP contribution is -2.35. The van der Waals surface area contributed by atoms with Crippen LogP contribution in [0.2, 0.25) is 0 Å². The first-order valence-electron chi connectivity index (χ1n) is 10.3. The molecular weight excluding hydrogens is 416 g/mol. The predicted molar refractivity (Wildman–Crippen MR) is 118 cm³/mol. The third kappa shape index (κ3) is 4.31. The quantitative estimate of drug-likeness (QED) is 0.626. The second-order valence-electron chi connectivity index (χ2n) is 7.71. The number of aryl methyl sites for hydroxylation is 1. The zero-order valence-electron chi connectivity index (χ0n) is 17.7. The van der Waals surface area contributed by atoms with Crippen molar-refractivity contribution in [1.29, 1.82) is 0 Å². The summed E-state index contributed by atoms with van der Waals surface area (Å²) in [4.78, 5) is 12.9. The van der Waals surface area contributed by atoms with Gasteiger partial charge in [0.05, 0.1) is 12.0 Å². The molecule has 0 bridgehead atoms. The molecule has 0 aliphatic carbocycles. The van der Waals surface area contributed by atoms with Crippen molar-refractivity contribution >= 4 is 26.9 Å². The number of carbonyl (C=O) groups is 1. The Morgan fingerprint density at radius 2 is 1.81 bits per heavy atom. The van der Waals surface area contributed by atoms with Gasteiger partial charge in [0.15, 0.2) is 5.76 Å². The molecule has 1 saturated heterocycles. The SMILES string of the molecule is COc1ccc2oc(C(=O)NCc3ccc(S(=O)(=O)N4CCCCC4)cc3)c(C)c2c1. The molecule has 0 radical (unpaired) electrons. The highest BCUT2D eigenvalue weighted by atomic mass is 32.2. The van der Waals surface area contributed by atoms with E-state index >= 15 is 0 Å². The van der Waals surface area contributed by atoms with Gasteiger partial charge in [0.2, 0.25) is 10.0 Å². The number of nitrogens with one attached hydrogen (secondary N) is 1. The van der Waals surface area contributed by atoms with Crippen LogP contribution in [-0.4, -0.2) is 38.8 Å². The number of nitrogens with zero attached hydrogens (tertiary/aromatic N) is 1. The second-order valence-corrected chi connectivity index (χ2v) is 9.65. The minimum Gasteiger partial charge on any atom is -0.497 e. The molecule has 1 aromatic heterocycles. The molecule has 7 nitrogen and oxygen atoms in total. The molecule has 3 aromatic rings. The van der Waals surface area contributed by atoms with E-state index in [1.807, 2.05) is 13.0 Å². The van der Waals surface area contributed by atoms with Crippen LogP contribution in [0.4, 0.5) is 0 Å². The molecule has 1 fully saturated rings. The van der Waals surface area contributed by atoms with E-state index in [-0.39, 0.29) is 23.1 Å². The van der Waals surface area contributed by atoms with Crippen LogP contribution in [0.1, 0.15) is 40.9 Å². The van der Waals surface area contributed by atoms with Crippen molar-refractivity contribution in [2.45, 2.75) is 37.6 Å². The summed E-state index contributed by atoms with van der Waals surface area (Å²) in [6.07, 6.45) is 2.87. The fourth-order valence-corrected chi connectivity index (χ4v) is 5.36. The maximum atomic E-state index is 12.8. The number of amides is 1. The van der Waals surface area contributed by atoms with Gasteiger partial charge in [0.1, 0.15) is 11.3 Å². The summed E-state index contributed by atoms with van der Waals surface area (Å²) in [7, 11) is -1.87. The molecular formula is C23H26N2O5S. The molecule has 0 atom stereocenters. The van der Waals surface area contributed by atoms with Gasteiger partial charge < -0.3 is 14.5 Å². The maximum Gasteiger partial charge on any atom is 0.287 e. The first kappa shape index (κ1) is 21.4. The number of sulfonamides is 1. The van der Waals surface area contributed by atoms with E-state index < -0.39 is 10.0 Å². The van der Waals surface area contributed by atoms with Gasteiger partial charge in [-0.05, 0) is 55.7 Å². The zero-order valence-corrected chi connectivity index (χ0v) is 18.5. The van der Waals surface area contributed by atoms with Gasteiger partial charge in [-0.25, -0.2) is 8.42 Å². The summed E-state index contributed by atoms with van der Waals surface area (Å²) in [5.74, 6) is 0.633. The van der Waals surface area contributed by atoms with Crippen LogP contribution in [-0.2, 0) is 16.6 Å². The molecule has 31 heavy (non-hydrogen) atoms. The molecule has 1 amide bonds. The second kappa shape index (κ2) is 8.72. The summed E-state index contributed by atoms with van der Waals surface area (Å²) >= 11 is 0. The van der Waals surface area contributed by atoms with Crippen molar-refractivity contribution < 1.29 is 22.4 Å². The number of rotatable bonds is 6. The lowest BCUT2D eigenvalue weighted by atomic mass is 10.1. The van der Waals surface area contributed by atoms with Gasteiger partial charge in [-0.3, -0.25) is 4.79 Å². The third-order valence-corrected chi connectivity index (χ3v) is 7.59. The summed E-state index contributed by atoms with van der Waals surface area (Å²) in [6, 6.07) is 12.1. The van der Waals surface area contributed by atoms with Crippen LogP contribution in [0.15, 0.2) is 51.8 Å². The van der Waals surface area contributed by atoms with Gasteiger partial charge in [-0.15, -0.1) is 0 Å². The molecule has 164 valence electrons. The van der Waals surface area contributed by atoms with E-state index in [0.29, 0.717) is 24.4 Å². The number of ether oxygens (including phenoxy) is 1. The molecule has 2 aromatic carbocycles. The fourth-order valence-electron chi connectivity index (χ4n) is 3.84. The highest BCUT2D eigenvalue weighted by Crippen LogP contribution is 2.29. The Balaban J connectivity index is 1.44. The average Bonchev–Trinajstić information content (AvgIpc) is 3.14. The van der Waals surface area contributed by atoms with Crippen LogP contribution in [0, 0.1) is 6.92 Å². The van der Waals surface area contributed by atoms with Crippen molar-refractivity contribution in [2.24, 2.45) is 0 Å². The van der Waals surface area contributed by atoms with Crippen molar-refractivity contribution in [1.82, 2.24) is 9.62 Å². The minimum atomic E-state index is -3.46. The van der Waals surface area contributed by atoms with Crippen LogP contribution in [0.25, 0.3) is 11.0 Å². The highest BCUT2D eigenvalue weighted by molar-refractivity contribution is 7.89. The van der Waals surface area contributed by atoms with Gasteiger partial charge in [0.25, 0.3) is 5.91 Å². The number of fused-ring (bicyclic) bond motifs is 1. The monoisotopic (exact) mass is 442 g/mol. The van der Waals surface area contributed by atoms with E-state index in [9.17, 15) is 13.2 Å². The van der Waals surface area contributed by atoms with Gasteiger partial charge in [-0.1, -0.05) is 18.6 Å². The number of carbonyl (C=O) groups excluding carboxylic acids is 1. The molecule has 0 saturated carbocycles. The topological polar surface area (TPSA) is 88.8 Å². The van der Waals surface area contributed by atoms with E-state index in [1.54, 1.807) is 47.8 Å². The minimum absolute atomic E-state index is 0.257.